The van der Waals surface area contributed by atoms with Crippen molar-refractivity contribution in [3.8, 4) is 5.75 Å². The van der Waals surface area contributed by atoms with Gasteiger partial charge in [0.05, 0.1) is 6.10 Å². The van der Waals surface area contributed by atoms with Crippen LogP contribution in [0.1, 0.15) is 52.2 Å². The number of rotatable bonds is 7. The van der Waals surface area contributed by atoms with E-state index in [9.17, 15) is 14.3 Å². The predicted octanol–water partition coefficient (Wildman–Crippen LogP) is 2.95. The molecule has 5 heteroatoms. The fraction of sp³-hybridized carbons (Fsp3) is 0.562. The van der Waals surface area contributed by atoms with Crippen LogP contribution < -0.4 is 10.1 Å². The number of aliphatic hydroxyl groups is 1. The average molecular weight is 297 g/mol. The first kappa shape index (κ1) is 17.4. The minimum atomic E-state index is -0.880. The summed E-state index contributed by atoms with van der Waals surface area (Å²) in [5.74, 6) is -0.506. The Labute approximate surface area is 125 Å². The average Bonchev–Trinajstić information content (AvgIpc) is 2.38. The molecule has 0 saturated heterocycles. The van der Waals surface area contributed by atoms with Gasteiger partial charge in [0.1, 0.15) is 11.6 Å². The molecule has 0 aliphatic carbocycles. The maximum atomic E-state index is 13.7. The predicted molar refractivity (Wildman–Crippen MR) is 79.6 cm³/mol. The van der Waals surface area contributed by atoms with Crippen molar-refractivity contribution in [2.75, 3.05) is 0 Å². The van der Waals surface area contributed by atoms with E-state index < -0.39 is 18.0 Å². The van der Waals surface area contributed by atoms with Gasteiger partial charge in [0.25, 0.3) is 5.91 Å². The van der Waals surface area contributed by atoms with Crippen LogP contribution >= 0.6 is 0 Å². The Kier molecular flexibility index (Phi) is 6.62. The quantitative estimate of drug-likeness (QED) is 0.813. The third-order valence-electron chi connectivity index (χ3n) is 3.21. The number of aliphatic hydroxyl groups excluding tert-OH is 1. The van der Waals surface area contributed by atoms with Crippen molar-refractivity contribution >= 4 is 5.91 Å². The summed E-state index contributed by atoms with van der Waals surface area (Å²) in [5, 5.41) is 12.2. The lowest BCUT2D eigenvalue weighted by Crippen LogP contribution is -2.41. The Morgan fingerprint density at radius 2 is 2.05 bits per heavy atom. The molecule has 0 aliphatic heterocycles. The highest BCUT2D eigenvalue weighted by Crippen LogP contribution is 2.22. The van der Waals surface area contributed by atoms with E-state index in [1.165, 1.54) is 19.1 Å². The Balaban J connectivity index is 2.64. The van der Waals surface area contributed by atoms with Crippen LogP contribution in [0.2, 0.25) is 0 Å². The molecule has 1 aromatic carbocycles. The van der Waals surface area contributed by atoms with Crippen LogP contribution in [0.4, 0.5) is 4.39 Å². The van der Waals surface area contributed by atoms with Crippen molar-refractivity contribution in [3.63, 3.8) is 0 Å². The maximum Gasteiger partial charge on any atom is 0.260 e. The highest BCUT2D eigenvalue weighted by Gasteiger charge is 2.17. The number of hydrogen-bond donors (Lipinski definition) is 2. The largest absolute Gasteiger partial charge is 0.481 e. The van der Waals surface area contributed by atoms with E-state index in [1.807, 2.05) is 6.92 Å². The van der Waals surface area contributed by atoms with Crippen molar-refractivity contribution in [1.29, 1.82) is 0 Å². The normalized spacial score (nSPS) is 15.1. The van der Waals surface area contributed by atoms with E-state index in [2.05, 4.69) is 12.2 Å². The Bertz CT molecular complexity index is 477. The highest BCUT2D eigenvalue weighted by atomic mass is 19.1. The molecule has 1 amide bonds. The second-order valence-corrected chi connectivity index (χ2v) is 5.32. The van der Waals surface area contributed by atoms with Crippen molar-refractivity contribution in [2.45, 2.75) is 58.8 Å². The van der Waals surface area contributed by atoms with Crippen LogP contribution in [-0.4, -0.2) is 23.2 Å². The first-order valence-corrected chi connectivity index (χ1v) is 7.29. The summed E-state index contributed by atoms with van der Waals surface area (Å²) in [5.41, 5.74) is 0.205. The molecule has 3 atom stereocenters. The number of carbonyl (C=O) groups excluding carboxylic acids is 1. The van der Waals surface area contributed by atoms with Gasteiger partial charge in [0.15, 0.2) is 6.10 Å². The van der Waals surface area contributed by atoms with Gasteiger partial charge < -0.3 is 15.2 Å². The zero-order valence-corrected chi connectivity index (χ0v) is 13.0. The SMILES string of the molecule is CCCC(C)NC(=O)C(C)Oc1ccc(C(C)O)c(F)c1. The van der Waals surface area contributed by atoms with Crippen LogP contribution in [0.15, 0.2) is 18.2 Å². The standard InChI is InChI=1S/C16H24FNO3/c1-5-6-10(2)18-16(20)12(4)21-13-7-8-14(11(3)19)15(17)9-13/h7-12,19H,5-6H2,1-4H3,(H,18,20). The van der Waals surface area contributed by atoms with Crippen molar-refractivity contribution in [2.24, 2.45) is 0 Å². The van der Waals surface area contributed by atoms with Gasteiger partial charge in [-0.3, -0.25) is 4.79 Å². The van der Waals surface area contributed by atoms with Crippen molar-refractivity contribution in [3.05, 3.63) is 29.6 Å². The monoisotopic (exact) mass is 297 g/mol. The lowest BCUT2D eigenvalue weighted by Gasteiger charge is -2.18. The minimum Gasteiger partial charge on any atom is -0.481 e. The second-order valence-electron chi connectivity index (χ2n) is 5.32. The molecule has 2 N–H and O–H groups in total. The van der Waals surface area contributed by atoms with Crippen LogP contribution in [0.5, 0.6) is 5.75 Å². The molecule has 0 aromatic heterocycles. The molecule has 0 fully saturated rings. The van der Waals surface area contributed by atoms with Crippen molar-refractivity contribution < 1.29 is 19.0 Å². The summed E-state index contributed by atoms with van der Waals surface area (Å²) in [6, 6.07) is 4.27. The summed E-state index contributed by atoms with van der Waals surface area (Å²) in [7, 11) is 0. The first-order chi connectivity index (χ1) is 9.85. The zero-order valence-electron chi connectivity index (χ0n) is 13.0. The van der Waals surface area contributed by atoms with Gasteiger partial charge in [-0.25, -0.2) is 4.39 Å². The molecule has 0 saturated carbocycles. The van der Waals surface area contributed by atoms with Gasteiger partial charge >= 0.3 is 0 Å². The van der Waals surface area contributed by atoms with Crippen LogP contribution in [0, 0.1) is 5.82 Å². The van der Waals surface area contributed by atoms with E-state index in [4.69, 9.17) is 4.74 Å². The van der Waals surface area contributed by atoms with Crippen molar-refractivity contribution in [1.82, 2.24) is 5.32 Å². The molecule has 0 radical (unpaired) electrons. The summed E-state index contributed by atoms with van der Waals surface area (Å²) < 4.78 is 19.2. The molecule has 0 bridgehead atoms. The number of benzene rings is 1. The molecule has 118 valence electrons. The molecular weight excluding hydrogens is 273 g/mol. The Morgan fingerprint density at radius 1 is 1.38 bits per heavy atom. The maximum absolute atomic E-state index is 13.7. The molecule has 0 aliphatic rings. The number of carbonyl (C=O) groups is 1. The fourth-order valence-corrected chi connectivity index (χ4v) is 2.04. The zero-order chi connectivity index (χ0) is 16.0. The van der Waals surface area contributed by atoms with Crippen LogP contribution in [-0.2, 0) is 4.79 Å². The number of amides is 1. The van der Waals surface area contributed by atoms with E-state index in [1.54, 1.807) is 13.0 Å². The molecule has 1 rings (SSSR count). The van der Waals surface area contributed by atoms with E-state index in [0.717, 1.165) is 12.8 Å². The number of hydrogen-bond acceptors (Lipinski definition) is 3. The van der Waals surface area contributed by atoms with Gasteiger partial charge in [-0.05, 0) is 39.3 Å². The molecule has 21 heavy (non-hydrogen) atoms. The second kappa shape index (κ2) is 7.98. The van der Waals surface area contributed by atoms with E-state index >= 15 is 0 Å². The van der Waals surface area contributed by atoms with Crippen LogP contribution in [0.25, 0.3) is 0 Å². The van der Waals surface area contributed by atoms with Gasteiger partial charge in [0.2, 0.25) is 0 Å². The summed E-state index contributed by atoms with van der Waals surface area (Å²) in [6.07, 6.45) is 0.301. The third kappa shape index (κ3) is 5.34. The summed E-state index contributed by atoms with van der Waals surface area (Å²) in [4.78, 5) is 11.9. The van der Waals surface area contributed by atoms with Gasteiger partial charge in [-0.15, -0.1) is 0 Å². The molecule has 0 heterocycles. The van der Waals surface area contributed by atoms with Gasteiger partial charge in [0, 0.05) is 17.7 Å². The summed E-state index contributed by atoms with van der Waals surface area (Å²) >= 11 is 0. The molecule has 3 unspecified atom stereocenters. The molecule has 1 aromatic rings. The third-order valence-corrected chi connectivity index (χ3v) is 3.21. The Morgan fingerprint density at radius 3 is 2.57 bits per heavy atom. The lowest BCUT2D eigenvalue weighted by atomic mass is 10.1. The number of ether oxygens (including phenoxy) is 1. The summed E-state index contributed by atoms with van der Waals surface area (Å²) in [6.45, 7) is 7.10. The van der Waals surface area contributed by atoms with Crippen LogP contribution in [0.3, 0.4) is 0 Å². The van der Waals surface area contributed by atoms with Gasteiger partial charge in [-0.2, -0.15) is 0 Å². The molecule has 4 nitrogen and oxygen atoms in total. The van der Waals surface area contributed by atoms with E-state index in [0.29, 0.717) is 0 Å². The lowest BCUT2D eigenvalue weighted by molar-refractivity contribution is -0.127. The topological polar surface area (TPSA) is 58.6 Å². The number of nitrogens with one attached hydrogen (secondary N) is 1. The highest BCUT2D eigenvalue weighted by molar-refractivity contribution is 5.80. The smallest absolute Gasteiger partial charge is 0.260 e. The van der Waals surface area contributed by atoms with Gasteiger partial charge in [-0.1, -0.05) is 13.3 Å². The molecular formula is C16H24FNO3. The minimum absolute atomic E-state index is 0.0860. The fourth-order valence-electron chi connectivity index (χ4n) is 2.04. The Hall–Kier alpha value is -1.62. The molecule has 0 spiro atoms. The number of halogens is 1. The van der Waals surface area contributed by atoms with E-state index in [-0.39, 0.29) is 23.3 Å². The first-order valence-electron chi connectivity index (χ1n) is 7.29.